The molecule has 0 saturated heterocycles. The van der Waals surface area contributed by atoms with Gasteiger partial charge in [-0.25, -0.2) is 4.98 Å². The minimum atomic E-state index is -0.954. The summed E-state index contributed by atoms with van der Waals surface area (Å²) in [5, 5.41) is 35.4. The monoisotopic (exact) mass is 266 g/mol. The number of hydrogen-bond acceptors (Lipinski definition) is 6. The number of fused-ring (bicyclic) bond motifs is 1. The van der Waals surface area contributed by atoms with Crippen LogP contribution in [0.25, 0.3) is 10.9 Å². The fourth-order valence-electron chi connectivity index (χ4n) is 1.29. The molecule has 0 unspecified atom stereocenters. The molecule has 0 spiro atoms. The van der Waals surface area contributed by atoms with Crippen molar-refractivity contribution < 1.29 is 20.2 Å². The molecule has 0 radical (unpaired) electrons. The van der Waals surface area contributed by atoms with Crippen LogP contribution in [0, 0.1) is 10.1 Å². The fourth-order valence-corrected chi connectivity index (χ4v) is 1.29. The highest BCUT2D eigenvalue weighted by molar-refractivity contribution is 5.86. The summed E-state index contributed by atoms with van der Waals surface area (Å²) in [7, 11) is 0. The maximum Gasteiger partial charge on any atom is 0.295 e. The van der Waals surface area contributed by atoms with Crippen LogP contribution in [0.1, 0.15) is 0 Å². The zero-order valence-corrected chi connectivity index (χ0v) is 10.0. The third kappa shape index (κ3) is 4.25. The number of nitro benzene ring substituents is 1. The van der Waals surface area contributed by atoms with Crippen LogP contribution < -0.4 is 0 Å². The first kappa shape index (κ1) is 15.0. The summed E-state index contributed by atoms with van der Waals surface area (Å²) in [5.41, 5.74) is 0.494. The molecule has 2 aromatic rings. The maximum atomic E-state index is 10.6. The lowest BCUT2D eigenvalue weighted by atomic mass is 10.2. The van der Waals surface area contributed by atoms with Crippen LogP contribution in [0.4, 0.5) is 5.69 Å². The second kappa shape index (κ2) is 7.37. The largest absolute Gasteiger partial charge is 0.394 e. The van der Waals surface area contributed by atoms with Gasteiger partial charge in [-0.05, 0) is 6.07 Å². The lowest BCUT2D eigenvalue weighted by molar-refractivity contribution is -0.383. The minimum Gasteiger partial charge on any atom is -0.394 e. The van der Waals surface area contributed by atoms with Crippen LogP contribution in [-0.2, 0) is 0 Å². The Balaban J connectivity index is 0.000000258. The van der Waals surface area contributed by atoms with Gasteiger partial charge in [-0.15, -0.1) is 0 Å². The third-order valence-electron chi connectivity index (χ3n) is 2.23. The lowest BCUT2D eigenvalue weighted by Crippen LogP contribution is -2.15. The summed E-state index contributed by atoms with van der Waals surface area (Å²) < 4.78 is 0. The molecule has 1 heterocycles. The van der Waals surface area contributed by atoms with E-state index in [9.17, 15) is 10.1 Å². The highest BCUT2D eigenvalue weighted by Gasteiger charge is 2.10. The summed E-state index contributed by atoms with van der Waals surface area (Å²) in [5.74, 6) is 0. The Kier molecular flexibility index (Phi) is 5.80. The first-order chi connectivity index (χ1) is 9.10. The van der Waals surface area contributed by atoms with Crippen molar-refractivity contribution in [3.05, 3.63) is 46.6 Å². The number of nitrogens with zero attached hydrogens (tertiary/aromatic N) is 2. The predicted molar refractivity (Wildman–Crippen MR) is 68.6 cm³/mol. The van der Waals surface area contributed by atoms with Crippen LogP contribution in [-0.4, -0.2) is 44.5 Å². The Labute approximate surface area is 108 Å². The van der Waals surface area contributed by atoms with Crippen molar-refractivity contribution in [2.75, 3.05) is 13.2 Å². The van der Waals surface area contributed by atoms with Gasteiger partial charge >= 0.3 is 0 Å². The van der Waals surface area contributed by atoms with E-state index in [4.69, 9.17) is 15.3 Å². The van der Waals surface area contributed by atoms with Gasteiger partial charge in [-0.2, -0.15) is 0 Å². The van der Waals surface area contributed by atoms with Crippen LogP contribution in [0.2, 0.25) is 0 Å². The van der Waals surface area contributed by atoms with Gasteiger partial charge in [0, 0.05) is 17.6 Å². The van der Waals surface area contributed by atoms with Crippen molar-refractivity contribution in [2.45, 2.75) is 6.10 Å². The number of hydrogen-bond donors (Lipinski definition) is 3. The van der Waals surface area contributed by atoms with E-state index in [-0.39, 0.29) is 18.9 Å². The number of aromatic nitrogens is 1. The van der Waals surface area contributed by atoms with E-state index < -0.39 is 11.0 Å². The van der Waals surface area contributed by atoms with Gasteiger partial charge in [0.1, 0.15) is 11.6 Å². The molecule has 102 valence electrons. The van der Waals surface area contributed by atoms with Crippen LogP contribution >= 0.6 is 0 Å². The van der Waals surface area contributed by atoms with E-state index in [2.05, 4.69) is 4.98 Å². The SMILES string of the molecule is O=[N+]([O-])c1cccc2cccnc12.OCC(O)CO. The van der Waals surface area contributed by atoms with Crippen molar-refractivity contribution in [1.82, 2.24) is 4.98 Å². The summed E-state index contributed by atoms with van der Waals surface area (Å²) in [6.45, 7) is -0.729. The molecule has 0 bridgehead atoms. The van der Waals surface area contributed by atoms with E-state index in [1.54, 1.807) is 30.5 Å². The summed E-state index contributed by atoms with van der Waals surface area (Å²) >= 11 is 0. The van der Waals surface area contributed by atoms with Crippen LogP contribution in [0.5, 0.6) is 0 Å². The molecular weight excluding hydrogens is 252 g/mol. The Morgan fingerprint density at radius 1 is 1.21 bits per heavy atom. The molecule has 0 aliphatic heterocycles. The van der Waals surface area contributed by atoms with Crippen LogP contribution in [0.3, 0.4) is 0 Å². The molecule has 1 aromatic carbocycles. The zero-order chi connectivity index (χ0) is 14.3. The van der Waals surface area contributed by atoms with Gasteiger partial charge in [0.25, 0.3) is 5.69 Å². The molecular formula is C12H14N2O5. The van der Waals surface area contributed by atoms with E-state index in [1.165, 1.54) is 6.07 Å². The Bertz CT molecular complexity index is 537. The molecule has 0 amide bonds. The molecule has 19 heavy (non-hydrogen) atoms. The highest BCUT2D eigenvalue weighted by atomic mass is 16.6. The number of benzene rings is 1. The summed E-state index contributed by atoms with van der Waals surface area (Å²) in [6, 6.07) is 8.47. The van der Waals surface area contributed by atoms with Gasteiger partial charge in [-0.1, -0.05) is 18.2 Å². The van der Waals surface area contributed by atoms with E-state index >= 15 is 0 Å². The molecule has 7 nitrogen and oxygen atoms in total. The lowest BCUT2D eigenvalue weighted by Gasteiger charge is -1.96. The smallest absolute Gasteiger partial charge is 0.295 e. The first-order valence-electron chi connectivity index (χ1n) is 5.48. The second-order valence-electron chi connectivity index (χ2n) is 3.63. The first-order valence-corrected chi connectivity index (χ1v) is 5.48. The molecule has 7 heteroatoms. The van der Waals surface area contributed by atoms with Crippen LogP contribution in [0.15, 0.2) is 36.5 Å². The number of para-hydroxylation sites is 1. The molecule has 0 atom stereocenters. The second-order valence-corrected chi connectivity index (χ2v) is 3.63. The van der Waals surface area contributed by atoms with Crippen molar-refractivity contribution in [1.29, 1.82) is 0 Å². The van der Waals surface area contributed by atoms with E-state index in [0.717, 1.165) is 5.39 Å². The summed E-state index contributed by atoms with van der Waals surface area (Å²) in [6.07, 6.45) is 0.597. The third-order valence-corrected chi connectivity index (χ3v) is 2.23. The fraction of sp³-hybridized carbons (Fsp3) is 0.250. The molecule has 0 saturated carbocycles. The minimum absolute atomic E-state index is 0.0538. The number of non-ortho nitro benzene ring substituents is 1. The highest BCUT2D eigenvalue weighted by Crippen LogP contribution is 2.21. The Morgan fingerprint density at radius 3 is 2.37 bits per heavy atom. The molecule has 0 fully saturated rings. The van der Waals surface area contributed by atoms with Gasteiger partial charge in [0.15, 0.2) is 0 Å². The average Bonchev–Trinajstić information content (AvgIpc) is 2.46. The Hall–Kier alpha value is -2.09. The predicted octanol–water partition coefficient (Wildman–Crippen LogP) is 0.475. The topological polar surface area (TPSA) is 117 Å². The van der Waals surface area contributed by atoms with E-state index in [0.29, 0.717) is 5.52 Å². The number of aliphatic hydroxyl groups excluding tert-OH is 3. The maximum absolute atomic E-state index is 10.6. The molecule has 2 rings (SSSR count). The van der Waals surface area contributed by atoms with Gasteiger partial charge in [0.2, 0.25) is 0 Å². The zero-order valence-electron chi connectivity index (χ0n) is 10.0. The van der Waals surface area contributed by atoms with Crippen molar-refractivity contribution in [3.8, 4) is 0 Å². The quantitative estimate of drug-likeness (QED) is 0.549. The van der Waals surface area contributed by atoms with E-state index in [1.807, 2.05) is 0 Å². The molecule has 0 aliphatic carbocycles. The number of nitro groups is 1. The van der Waals surface area contributed by atoms with Crippen molar-refractivity contribution in [2.24, 2.45) is 0 Å². The number of rotatable bonds is 3. The Morgan fingerprint density at radius 2 is 1.84 bits per heavy atom. The average molecular weight is 266 g/mol. The molecule has 0 aliphatic rings. The molecule has 3 N–H and O–H groups in total. The van der Waals surface area contributed by atoms with Gasteiger partial charge < -0.3 is 15.3 Å². The van der Waals surface area contributed by atoms with Crippen molar-refractivity contribution in [3.63, 3.8) is 0 Å². The van der Waals surface area contributed by atoms with Gasteiger partial charge in [0.05, 0.1) is 18.1 Å². The van der Waals surface area contributed by atoms with Crippen molar-refractivity contribution >= 4 is 16.6 Å². The normalized spacial score (nSPS) is 10.1. The number of aliphatic hydroxyl groups is 3. The summed E-state index contributed by atoms with van der Waals surface area (Å²) in [4.78, 5) is 14.1. The van der Waals surface area contributed by atoms with Gasteiger partial charge in [-0.3, -0.25) is 10.1 Å². The molecule has 1 aromatic heterocycles. The standard InChI is InChI=1S/C9H6N2O2.C3H8O3/c12-11(13)8-5-1-3-7-4-2-6-10-9(7)8;4-1-3(6)2-5/h1-6H;3-6H,1-2H2. The number of pyridine rings is 1.